The second kappa shape index (κ2) is 6.02. The number of carbonyl (C=O) groups excluding carboxylic acids is 1. The molecule has 0 aliphatic heterocycles. The maximum atomic E-state index is 13.1. The molecule has 0 aliphatic carbocycles. The Morgan fingerprint density at radius 3 is 2.71 bits per heavy atom. The second-order valence-electron chi connectivity index (χ2n) is 3.21. The minimum atomic E-state index is -2.94. The summed E-state index contributed by atoms with van der Waals surface area (Å²) in [7, 11) is 0. The summed E-state index contributed by atoms with van der Waals surface area (Å²) >= 11 is 2.87. The largest absolute Gasteiger partial charge is 0.385 e. The van der Waals surface area contributed by atoms with Crippen LogP contribution in [0.4, 0.5) is 13.2 Å². The molecule has 3 nitrogen and oxygen atoms in total. The minimum absolute atomic E-state index is 0.0218. The summed E-state index contributed by atoms with van der Waals surface area (Å²) in [6.45, 7) is -0.598. The second-order valence-corrected chi connectivity index (χ2v) is 4.01. The van der Waals surface area contributed by atoms with Crippen LogP contribution in [-0.4, -0.2) is 30.1 Å². The highest BCUT2D eigenvalue weighted by Gasteiger charge is 2.19. The lowest BCUT2D eigenvalue weighted by atomic mass is 10.2. The molecule has 1 rings (SSSR count). The van der Waals surface area contributed by atoms with E-state index in [2.05, 4.69) is 21.2 Å². The number of nitrogens with one attached hydrogen (secondary N) is 1. The van der Waals surface area contributed by atoms with E-state index in [1.807, 2.05) is 0 Å². The Bertz CT molecular complexity index is 415. The summed E-state index contributed by atoms with van der Waals surface area (Å²) in [4.78, 5) is 11.5. The average molecular weight is 312 g/mol. The first-order chi connectivity index (χ1) is 7.93. The van der Waals surface area contributed by atoms with Crippen molar-refractivity contribution in [2.45, 2.75) is 12.5 Å². The zero-order valence-corrected chi connectivity index (χ0v) is 10.0. The van der Waals surface area contributed by atoms with Gasteiger partial charge in [0.25, 0.3) is 12.3 Å². The Kier molecular flexibility index (Phi) is 4.95. The third-order valence-electron chi connectivity index (χ3n) is 1.96. The monoisotopic (exact) mass is 311 g/mol. The van der Waals surface area contributed by atoms with Gasteiger partial charge in [0.1, 0.15) is 11.9 Å². The molecule has 0 radical (unpaired) electrons. The lowest BCUT2D eigenvalue weighted by molar-refractivity contribution is -0.00270. The molecule has 94 valence electrons. The van der Waals surface area contributed by atoms with Crippen molar-refractivity contribution in [3.8, 4) is 0 Å². The number of amides is 1. The predicted molar refractivity (Wildman–Crippen MR) is 58.4 cm³/mol. The molecule has 0 heterocycles. The summed E-state index contributed by atoms with van der Waals surface area (Å²) in [5, 5.41) is 10.9. The number of carbonyl (C=O) groups is 1. The van der Waals surface area contributed by atoms with E-state index in [4.69, 9.17) is 5.11 Å². The molecule has 1 amide bonds. The van der Waals surface area contributed by atoms with Crippen LogP contribution in [0.25, 0.3) is 0 Å². The van der Waals surface area contributed by atoms with E-state index in [0.717, 1.165) is 6.07 Å². The number of alkyl halides is 2. The van der Waals surface area contributed by atoms with E-state index in [0.29, 0.717) is 0 Å². The molecule has 0 spiro atoms. The Morgan fingerprint density at radius 1 is 1.47 bits per heavy atom. The molecular weight excluding hydrogens is 303 g/mol. The number of aliphatic hydroxyl groups is 1. The first-order valence-electron chi connectivity index (χ1n) is 4.62. The van der Waals surface area contributed by atoms with Crippen LogP contribution in [0.3, 0.4) is 0 Å². The van der Waals surface area contributed by atoms with E-state index >= 15 is 0 Å². The third-order valence-corrected chi connectivity index (χ3v) is 2.76. The van der Waals surface area contributed by atoms with Gasteiger partial charge in [-0.05, 0) is 28.1 Å². The summed E-state index contributed by atoms with van der Waals surface area (Å²) in [5.41, 5.74) is -0.0218. The summed E-state index contributed by atoms with van der Waals surface area (Å²) in [6, 6.07) is 3.80. The molecule has 0 aromatic heterocycles. The van der Waals surface area contributed by atoms with Crippen molar-refractivity contribution in [3.05, 3.63) is 34.1 Å². The summed E-state index contributed by atoms with van der Waals surface area (Å²) < 4.78 is 36.9. The van der Waals surface area contributed by atoms with Crippen LogP contribution in [0.2, 0.25) is 0 Å². The number of hydrogen-bond acceptors (Lipinski definition) is 2. The van der Waals surface area contributed by atoms with Crippen molar-refractivity contribution in [1.29, 1.82) is 0 Å². The first-order valence-corrected chi connectivity index (χ1v) is 5.41. The quantitative estimate of drug-likeness (QED) is 0.893. The van der Waals surface area contributed by atoms with Crippen LogP contribution in [0.5, 0.6) is 0 Å². The summed E-state index contributed by atoms with van der Waals surface area (Å²) in [5.74, 6) is -1.37. The third kappa shape index (κ3) is 3.71. The smallest absolute Gasteiger partial charge is 0.265 e. The summed E-state index contributed by atoms with van der Waals surface area (Å²) in [6.07, 6.45) is -4.88. The maximum Gasteiger partial charge on any atom is 0.265 e. The molecule has 1 aromatic rings. The highest BCUT2D eigenvalue weighted by atomic mass is 79.9. The molecular formula is C10H9BrF3NO2. The van der Waals surface area contributed by atoms with Crippen molar-refractivity contribution in [3.63, 3.8) is 0 Å². The van der Waals surface area contributed by atoms with Crippen LogP contribution in [-0.2, 0) is 0 Å². The van der Waals surface area contributed by atoms with Gasteiger partial charge < -0.3 is 10.4 Å². The predicted octanol–water partition coefficient (Wildman–Crippen LogP) is 1.94. The number of hydrogen-bond donors (Lipinski definition) is 2. The van der Waals surface area contributed by atoms with Gasteiger partial charge in [0.2, 0.25) is 0 Å². The molecule has 0 saturated carbocycles. The van der Waals surface area contributed by atoms with Gasteiger partial charge in [-0.3, -0.25) is 4.79 Å². The Labute approximate surface area is 104 Å². The fourth-order valence-electron chi connectivity index (χ4n) is 1.06. The van der Waals surface area contributed by atoms with Crippen LogP contribution in [0.1, 0.15) is 10.4 Å². The van der Waals surface area contributed by atoms with Crippen molar-refractivity contribution < 1.29 is 23.1 Å². The average Bonchev–Trinajstić information content (AvgIpc) is 2.29. The molecule has 0 fully saturated rings. The molecule has 2 N–H and O–H groups in total. The first kappa shape index (κ1) is 14.0. The maximum absolute atomic E-state index is 13.1. The molecule has 7 heteroatoms. The zero-order valence-electron chi connectivity index (χ0n) is 8.46. The number of rotatable bonds is 4. The topological polar surface area (TPSA) is 49.3 Å². The van der Waals surface area contributed by atoms with Crippen molar-refractivity contribution in [1.82, 2.24) is 5.32 Å². The Hall–Kier alpha value is -1.08. The Balaban J connectivity index is 2.68. The number of halogens is 4. The van der Waals surface area contributed by atoms with Crippen molar-refractivity contribution >= 4 is 21.8 Å². The van der Waals surface area contributed by atoms with Crippen LogP contribution < -0.4 is 5.32 Å². The Morgan fingerprint density at radius 2 is 2.12 bits per heavy atom. The lowest BCUT2D eigenvalue weighted by Crippen LogP contribution is -2.36. The van der Waals surface area contributed by atoms with Crippen LogP contribution in [0, 0.1) is 5.82 Å². The zero-order chi connectivity index (χ0) is 13.0. The van der Waals surface area contributed by atoms with Gasteiger partial charge in [0.15, 0.2) is 0 Å². The highest BCUT2D eigenvalue weighted by Crippen LogP contribution is 2.20. The molecule has 0 aliphatic rings. The highest BCUT2D eigenvalue weighted by molar-refractivity contribution is 9.10. The van der Waals surface area contributed by atoms with E-state index in [9.17, 15) is 18.0 Å². The van der Waals surface area contributed by atoms with Gasteiger partial charge in [0, 0.05) is 6.54 Å². The molecule has 1 atom stereocenters. The molecule has 17 heavy (non-hydrogen) atoms. The molecule has 1 unspecified atom stereocenters. The van der Waals surface area contributed by atoms with E-state index in [1.54, 1.807) is 0 Å². The van der Waals surface area contributed by atoms with E-state index in [-0.39, 0.29) is 10.0 Å². The SMILES string of the molecule is O=C(NCC(O)C(F)F)c1cccc(F)c1Br. The number of benzene rings is 1. The van der Waals surface area contributed by atoms with Gasteiger partial charge in [-0.15, -0.1) is 0 Å². The van der Waals surface area contributed by atoms with Crippen LogP contribution >= 0.6 is 15.9 Å². The standard InChI is InChI=1S/C10H9BrF3NO2/c11-8-5(2-1-3-6(8)12)10(17)15-4-7(16)9(13)14/h1-3,7,9,16H,4H2,(H,15,17). The van der Waals surface area contributed by atoms with Gasteiger partial charge in [-0.25, -0.2) is 13.2 Å². The van der Waals surface area contributed by atoms with E-state index in [1.165, 1.54) is 12.1 Å². The fraction of sp³-hybridized carbons (Fsp3) is 0.300. The number of aliphatic hydroxyl groups excluding tert-OH is 1. The van der Waals surface area contributed by atoms with Gasteiger partial charge in [-0.1, -0.05) is 6.07 Å². The van der Waals surface area contributed by atoms with Crippen molar-refractivity contribution in [2.24, 2.45) is 0 Å². The van der Waals surface area contributed by atoms with E-state index < -0.39 is 30.8 Å². The molecule has 1 aromatic carbocycles. The van der Waals surface area contributed by atoms with Crippen LogP contribution in [0.15, 0.2) is 22.7 Å². The van der Waals surface area contributed by atoms with Gasteiger partial charge in [0.05, 0.1) is 10.0 Å². The fourth-order valence-corrected chi connectivity index (χ4v) is 1.51. The van der Waals surface area contributed by atoms with Gasteiger partial charge >= 0.3 is 0 Å². The molecule has 0 saturated heterocycles. The van der Waals surface area contributed by atoms with Crippen molar-refractivity contribution in [2.75, 3.05) is 6.54 Å². The molecule has 0 bridgehead atoms. The minimum Gasteiger partial charge on any atom is -0.385 e. The normalized spacial score (nSPS) is 12.6. The van der Waals surface area contributed by atoms with Gasteiger partial charge in [-0.2, -0.15) is 0 Å². The lowest BCUT2D eigenvalue weighted by Gasteiger charge is -2.11.